The van der Waals surface area contributed by atoms with Crippen LogP contribution in [0.5, 0.6) is 5.75 Å². The lowest BCUT2D eigenvalue weighted by molar-refractivity contribution is -0.133. The van der Waals surface area contributed by atoms with Gasteiger partial charge in [-0.3, -0.25) is 9.59 Å². The summed E-state index contributed by atoms with van der Waals surface area (Å²) in [5.41, 5.74) is 9.02. The number of aliphatic carboxylic acids is 1. The van der Waals surface area contributed by atoms with Crippen molar-refractivity contribution < 1.29 is 19.4 Å². The fourth-order valence-electron chi connectivity index (χ4n) is 3.12. The largest absolute Gasteiger partial charge is 0.496 e. The van der Waals surface area contributed by atoms with Gasteiger partial charge in [-0.1, -0.05) is 29.6 Å². The van der Waals surface area contributed by atoms with Crippen molar-refractivity contribution in [3.63, 3.8) is 0 Å². The predicted molar refractivity (Wildman–Crippen MR) is 119 cm³/mol. The highest BCUT2D eigenvalue weighted by Gasteiger charge is 2.17. The molecule has 0 saturated carbocycles. The lowest BCUT2D eigenvalue weighted by Gasteiger charge is -2.11. The monoisotopic (exact) mass is 455 g/mol. The average molecular weight is 456 g/mol. The molecule has 0 aliphatic rings. The summed E-state index contributed by atoms with van der Waals surface area (Å²) in [6.45, 7) is 0. The number of nitrogens with two attached hydrogens (primary N) is 1. The molecule has 2 aromatic carbocycles. The minimum absolute atomic E-state index is 0.0833. The number of hydrogen-bond donors (Lipinski definition) is 3. The maximum absolute atomic E-state index is 11.1. The van der Waals surface area contributed by atoms with E-state index in [0.29, 0.717) is 27.0 Å². The van der Waals surface area contributed by atoms with Crippen molar-refractivity contribution in [3.8, 4) is 16.9 Å². The van der Waals surface area contributed by atoms with Crippen LogP contribution in [0.25, 0.3) is 33.1 Å². The van der Waals surface area contributed by atoms with Gasteiger partial charge in [-0.05, 0) is 29.8 Å². The van der Waals surface area contributed by atoms with E-state index in [4.69, 9.17) is 15.6 Å². The number of thioether (sulfide) groups is 2. The Kier molecular flexibility index (Phi) is 5.96. The number of carbonyl (C=O) groups excluding carboxylic acids is 1. The molecule has 9 nitrogen and oxygen atoms in total. The number of carboxylic acids is 1. The molecule has 2 aromatic heterocycles. The van der Waals surface area contributed by atoms with Crippen molar-refractivity contribution in [2.75, 3.05) is 18.6 Å². The lowest BCUT2D eigenvalue weighted by Crippen LogP contribution is -2.13. The molecule has 0 atom stereocenters. The van der Waals surface area contributed by atoms with Gasteiger partial charge in [-0.15, -0.1) is 0 Å². The highest BCUT2D eigenvalue weighted by molar-refractivity contribution is 8.00. The van der Waals surface area contributed by atoms with E-state index in [1.807, 2.05) is 30.3 Å². The molecule has 31 heavy (non-hydrogen) atoms. The third-order valence-corrected chi connectivity index (χ3v) is 6.27. The second-order valence-electron chi connectivity index (χ2n) is 6.43. The molecule has 0 fully saturated rings. The zero-order valence-corrected chi connectivity index (χ0v) is 17.9. The molecule has 2 heterocycles. The van der Waals surface area contributed by atoms with E-state index >= 15 is 0 Å². The molecule has 0 aliphatic carbocycles. The van der Waals surface area contributed by atoms with Gasteiger partial charge in [0.15, 0.2) is 5.16 Å². The Morgan fingerprint density at radius 1 is 1.16 bits per heavy atom. The van der Waals surface area contributed by atoms with Crippen LogP contribution < -0.4 is 10.5 Å². The summed E-state index contributed by atoms with van der Waals surface area (Å²) in [4.78, 5) is 38.4. The normalized spacial score (nSPS) is 11.1. The number of hydrogen-bond acceptors (Lipinski definition) is 8. The van der Waals surface area contributed by atoms with Crippen LogP contribution in [-0.2, 0) is 9.59 Å². The van der Waals surface area contributed by atoms with Crippen LogP contribution in [0.2, 0.25) is 0 Å². The van der Waals surface area contributed by atoms with Crippen molar-refractivity contribution in [2.45, 2.75) is 10.2 Å². The number of primary amides is 1. The predicted octanol–water partition coefficient (Wildman–Crippen LogP) is 2.94. The summed E-state index contributed by atoms with van der Waals surface area (Å²) >= 11 is 2.38. The number of aromatic amines is 1. The Labute approximate surface area is 184 Å². The lowest BCUT2D eigenvalue weighted by atomic mass is 10.0. The van der Waals surface area contributed by atoms with Gasteiger partial charge in [-0.25, -0.2) is 15.0 Å². The third kappa shape index (κ3) is 4.42. The number of imidazole rings is 1. The van der Waals surface area contributed by atoms with Crippen LogP contribution in [0, 0.1) is 0 Å². The number of nitrogens with zero attached hydrogens (tertiary/aromatic N) is 3. The number of carboxylic acid groups (broad SMARTS) is 1. The number of aromatic nitrogens is 4. The molecule has 0 bridgehead atoms. The van der Waals surface area contributed by atoms with Gasteiger partial charge in [0, 0.05) is 5.39 Å². The number of H-pyrrole nitrogens is 1. The summed E-state index contributed by atoms with van der Waals surface area (Å²) in [5.74, 6) is -0.655. The number of benzene rings is 2. The highest BCUT2D eigenvalue weighted by Crippen LogP contribution is 2.38. The number of fused-ring (bicyclic) bond motifs is 2. The molecule has 4 rings (SSSR count). The topological polar surface area (TPSA) is 144 Å². The molecule has 158 valence electrons. The molecule has 0 radical (unpaired) electrons. The SMILES string of the molecule is COc1ccc2[nH]c(SCC(N)=O)nc2c1-c1ccc2c(SCC(=O)O)ncnc2c1. The number of rotatable bonds is 8. The first kappa shape index (κ1) is 20.9. The van der Waals surface area contributed by atoms with Gasteiger partial charge < -0.3 is 20.6 Å². The number of carbonyl (C=O) groups is 2. The number of amides is 1. The molecule has 11 heteroatoms. The van der Waals surface area contributed by atoms with Gasteiger partial charge in [0.05, 0.1) is 35.2 Å². The van der Waals surface area contributed by atoms with Gasteiger partial charge in [0.2, 0.25) is 5.91 Å². The Balaban J connectivity index is 1.81. The van der Waals surface area contributed by atoms with Crippen LogP contribution in [0.3, 0.4) is 0 Å². The zero-order chi connectivity index (χ0) is 22.0. The Bertz CT molecular complexity index is 1310. The zero-order valence-electron chi connectivity index (χ0n) is 16.3. The fourth-order valence-corrected chi connectivity index (χ4v) is 4.45. The fraction of sp³-hybridized carbons (Fsp3) is 0.150. The molecule has 1 amide bonds. The smallest absolute Gasteiger partial charge is 0.313 e. The number of methoxy groups -OCH3 is 1. The molecule has 0 saturated heterocycles. The van der Waals surface area contributed by atoms with Gasteiger partial charge in [0.1, 0.15) is 22.6 Å². The molecule has 4 aromatic rings. The van der Waals surface area contributed by atoms with Crippen molar-refractivity contribution in [1.29, 1.82) is 0 Å². The molecular weight excluding hydrogens is 438 g/mol. The highest BCUT2D eigenvalue weighted by atomic mass is 32.2. The van der Waals surface area contributed by atoms with E-state index in [-0.39, 0.29) is 11.5 Å². The summed E-state index contributed by atoms with van der Waals surface area (Å²) in [6, 6.07) is 9.37. The van der Waals surface area contributed by atoms with Crippen LogP contribution in [0.4, 0.5) is 0 Å². The Morgan fingerprint density at radius 2 is 2.00 bits per heavy atom. The maximum Gasteiger partial charge on any atom is 0.313 e. The third-order valence-electron chi connectivity index (χ3n) is 4.39. The summed E-state index contributed by atoms with van der Waals surface area (Å²) in [7, 11) is 1.59. The van der Waals surface area contributed by atoms with Crippen LogP contribution >= 0.6 is 23.5 Å². The van der Waals surface area contributed by atoms with Crippen molar-refractivity contribution in [2.24, 2.45) is 5.73 Å². The molecular formula is C20H17N5O4S2. The van der Waals surface area contributed by atoms with Crippen molar-refractivity contribution in [3.05, 3.63) is 36.7 Å². The molecule has 4 N–H and O–H groups in total. The second kappa shape index (κ2) is 8.82. The second-order valence-corrected chi connectivity index (χ2v) is 8.36. The van der Waals surface area contributed by atoms with E-state index in [1.165, 1.54) is 18.1 Å². The number of nitrogens with one attached hydrogen (secondary N) is 1. The van der Waals surface area contributed by atoms with E-state index in [1.54, 1.807) is 7.11 Å². The first-order chi connectivity index (χ1) is 15.0. The van der Waals surface area contributed by atoms with Crippen LogP contribution in [0.15, 0.2) is 46.8 Å². The van der Waals surface area contributed by atoms with Crippen molar-refractivity contribution >= 4 is 57.3 Å². The Morgan fingerprint density at radius 3 is 2.74 bits per heavy atom. The first-order valence-corrected chi connectivity index (χ1v) is 11.0. The van der Waals surface area contributed by atoms with Crippen LogP contribution in [-0.4, -0.2) is 55.5 Å². The van der Waals surface area contributed by atoms with E-state index in [2.05, 4.69) is 19.9 Å². The molecule has 0 aliphatic heterocycles. The van der Waals surface area contributed by atoms with Crippen LogP contribution in [0.1, 0.15) is 0 Å². The summed E-state index contributed by atoms with van der Waals surface area (Å²) < 4.78 is 5.58. The van der Waals surface area contributed by atoms with E-state index in [0.717, 1.165) is 33.8 Å². The minimum atomic E-state index is -0.909. The van der Waals surface area contributed by atoms with Gasteiger partial charge >= 0.3 is 5.97 Å². The summed E-state index contributed by atoms with van der Waals surface area (Å²) in [5, 5.41) is 10.9. The molecule has 0 unspecified atom stereocenters. The van der Waals surface area contributed by atoms with E-state index < -0.39 is 11.9 Å². The minimum Gasteiger partial charge on any atom is -0.496 e. The van der Waals surface area contributed by atoms with Gasteiger partial charge in [0.25, 0.3) is 0 Å². The number of ether oxygens (including phenoxy) is 1. The maximum atomic E-state index is 11.1. The molecule has 0 spiro atoms. The average Bonchev–Trinajstić information content (AvgIpc) is 3.18. The Hall–Kier alpha value is -3.31. The summed E-state index contributed by atoms with van der Waals surface area (Å²) in [6.07, 6.45) is 1.42. The van der Waals surface area contributed by atoms with E-state index in [9.17, 15) is 9.59 Å². The quantitative estimate of drug-likeness (QED) is 0.270. The van der Waals surface area contributed by atoms with Crippen molar-refractivity contribution in [1.82, 2.24) is 19.9 Å². The first-order valence-electron chi connectivity index (χ1n) is 9.04. The standard InChI is InChI=1S/C20H17N5O4S2/c1-29-14-5-4-12-18(25-20(24-12)31-7-15(21)26)17(14)10-2-3-11-13(6-10)22-9-23-19(11)30-8-16(27)28/h2-6,9H,7-8H2,1H3,(H2,21,26)(H,24,25)(H,27,28). The van der Waals surface area contributed by atoms with Gasteiger partial charge in [-0.2, -0.15) is 0 Å².